The summed E-state index contributed by atoms with van der Waals surface area (Å²) in [5.74, 6) is -0.361. The SMILES string of the molecule is CCn1c(CS(=O)(=O)C(C)C)cc2cccc(F)c21. The third-order valence-corrected chi connectivity index (χ3v) is 5.47. The van der Waals surface area contributed by atoms with Crippen molar-refractivity contribution in [1.29, 1.82) is 0 Å². The molecule has 0 unspecified atom stereocenters. The average molecular weight is 283 g/mol. The van der Waals surface area contributed by atoms with E-state index in [1.54, 1.807) is 36.6 Å². The van der Waals surface area contributed by atoms with Crippen molar-refractivity contribution in [2.24, 2.45) is 0 Å². The Balaban J connectivity index is 2.59. The van der Waals surface area contributed by atoms with Gasteiger partial charge in [0.05, 0.1) is 16.5 Å². The van der Waals surface area contributed by atoms with Crippen LogP contribution in [0.3, 0.4) is 0 Å². The number of aryl methyl sites for hydroxylation is 1. The van der Waals surface area contributed by atoms with Crippen LogP contribution in [-0.2, 0) is 22.1 Å². The third-order valence-electron chi connectivity index (χ3n) is 3.34. The maximum absolute atomic E-state index is 13.9. The summed E-state index contributed by atoms with van der Waals surface area (Å²) in [6, 6.07) is 6.60. The highest BCUT2D eigenvalue weighted by Gasteiger charge is 2.20. The van der Waals surface area contributed by atoms with E-state index in [2.05, 4.69) is 0 Å². The molecule has 5 heteroatoms. The predicted molar refractivity (Wildman–Crippen MR) is 75.3 cm³/mol. The van der Waals surface area contributed by atoms with Crippen molar-refractivity contribution in [2.45, 2.75) is 38.3 Å². The van der Waals surface area contributed by atoms with Crippen molar-refractivity contribution in [3.63, 3.8) is 0 Å². The van der Waals surface area contributed by atoms with Gasteiger partial charge in [0.1, 0.15) is 5.82 Å². The van der Waals surface area contributed by atoms with Crippen LogP contribution in [0.15, 0.2) is 24.3 Å². The van der Waals surface area contributed by atoms with Gasteiger partial charge in [-0.1, -0.05) is 12.1 Å². The smallest absolute Gasteiger partial charge is 0.158 e. The molecule has 2 aromatic rings. The largest absolute Gasteiger partial charge is 0.341 e. The third kappa shape index (κ3) is 2.52. The number of aromatic nitrogens is 1. The molecule has 1 aromatic heterocycles. The van der Waals surface area contributed by atoms with E-state index < -0.39 is 15.1 Å². The first-order valence-electron chi connectivity index (χ1n) is 6.35. The molecule has 0 amide bonds. The first-order chi connectivity index (χ1) is 8.86. The van der Waals surface area contributed by atoms with Crippen LogP contribution < -0.4 is 0 Å². The fraction of sp³-hybridized carbons (Fsp3) is 0.429. The van der Waals surface area contributed by atoms with Crippen LogP contribution in [-0.4, -0.2) is 18.2 Å². The molecular weight excluding hydrogens is 265 g/mol. The number of rotatable bonds is 4. The number of fused-ring (bicyclic) bond motifs is 1. The van der Waals surface area contributed by atoms with Crippen molar-refractivity contribution >= 4 is 20.7 Å². The van der Waals surface area contributed by atoms with Crippen molar-refractivity contribution in [2.75, 3.05) is 0 Å². The molecular formula is C14H18FNO2S. The molecule has 0 fully saturated rings. The van der Waals surface area contributed by atoms with E-state index in [0.29, 0.717) is 17.8 Å². The van der Waals surface area contributed by atoms with Crippen molar-refractivity contribution in [1.82, 2.24) is 4.57 Å². The van der Waals surface area contributed by atoms with Gasteiger partial charge >= 0.3 is 0 Å². The Bertz CT molecular complexity index is 702. The predicted octanol–water partition coefficient (Wildman–Crippen LogP) is 3.12. The zero-order valence-electron chi connectivity index (χ0n) is 11.4. The molecule has 2 rings (SSSR count). The van der Waals surface area contributed by atoms with Gasteiger partial charge in [0.15, 0.2) is 9.84 Å². The summed E-state index contributed by atoms with van der Waals surface area (Å²) >= 11 is 0. The fourth-order valence-electron chi connectivity index (χ4n) is 2.19. The maximum Gasteiger partial charge on any atom is 0.158 e. The Morgan fingerprint density at radius 1 is 1.32 bits per heavy atom. The van der Waals surface area contributed by atoms with E-state index in [1.165, 1.54) is 6.07 Å². The highest BCUT2D eigenvalue weighted by Crippen LogP contribution is 2.24. The Kier molecular flexibility index (Phi) is 3.67. The molecule has 1 heterocycles. The Labute approximate surface area is 113 Å². The fourth-order valence-corrected chi connectivity index (χ4v) is 3.17. The molecule has 0 radical (unpaired) electrons. The molecule has 0 bridgehead atoms. The Morgan fingerprint density at radius 2 is 2.00 bits per heavy atom. The second-order valence-corrected chi connectivity index (χ2v) is 7.47. The van der Waals surface area contributed by atoms with Crippen LogP contribution in [0.4, 0.5) is 4.39 Å². The molecule has 104 valence electrons. The van der Waals surface area contributed by atoms with Crippen LogP contribution in [0, 0.1) is 5.82 Å². The van der Waals surface area contributed by atoms with Crippen molar-refractivity contribution in [3.05, 3.63) is 35.8 Å². The van der Waals surface area contributed by atoms with Crippen LogP contribution >= 0.6 is 0 Å². The van der Waals surface area contributed by atoms with Gasteiger partial charge in [0.2, 0.25) is 0 Å². The van der Waals surface area contributed by atoms with E-state index in [4.69, 9.17) is 0 Å². The number of halogens is 1. The van der Waals surface area contributed by atoms with E-state index in [9.17, 15) is 12.8 Å². The minimum absolute atomic E-state index is 0.0490. The van der Waals surface area contributed by atoms with E-state index in [0.717, 1.165) is 5.39 Å². The standard InChI is InChI=1S/C14H18FNO2S/c1-4-16-12(9-19(17,18)10(2)3)8-11-6-5-7-13(15)14(11)16/h5-8,10H,4,9H2,1-3H3. The van der Waals surface area contributed by atoms with Gasteiger partial charge in [-0.05, 0) is 32.9 Å². The summed E-state index contributed by atoms with van der Waals surface area (Å²) in [5, 5.41) is 0.316. The van der Waals surface area contributed by atoms with Crippen LogP contribution in [0.25, 0.3) is 10.9 Å². The molecule has 0 atom stereocenters. The summed E-state index contributed by atoms with van der Waals surface area (Å²) in [7, 11) is -3.19. The summed E-state index contributed by atoms with van der Waals surface area (Å²) in [6.45, 7) is 5.76. The van der Waals surface area contributed by atoms with E-state index >= 15 is 0 Å². The zero-order chi connectivity index (χ0) is 14.2. The van der Waals surface area contributed by atoms with Crippen molar-refractivity contribution < 1.29 is 12.8 Å². The average Bonchev–Trinajstić information content (AvgIpc) is 2.66. The molecule has 0 spiro atoms. The first kappa shape index (κ1) is 14.1. The maximum atomic E-state index is 13.9. The molecule has 3 nitrogen and oxygen atoms in total. The van der Waals surface area contributed by atoms with Gasteiger partial charge < -0.3 is 4.57 Å². The number of hydrogen-bond acceptors (Lipinski definition) is 2. The molecule has 19 heavy (non-hydrogen) atoms. The van der Waals surface area contributed by atoms with E-state index in [-0.39, 0.29) is 11.6 Å². The normalized spacial score (nSPS) is 12.5. The van der Waals surface area contributed by atoms with Crippen LogP contribution in [0.5, 0.6) is 0 Å². The number of nitrogens with zero attached hydrogens (tertiary/aromatic N) is 1. The topological polar surface area (TPSA) is 39.1 Å². The summed E-state index contributed by atoms with van der Waals surface area (Å²) < 4.78 is 39.7. The number of para-hydroxylation sites is 1. The van der Waals surface area contributed by atoms with Gasteiger partial charge in [-0.25, -0.2) is 12.8 Å². The minimum Gasteiger partial charge on any atom is -0.341 e. The lowest BCUT2D eigenvalue weighted by Gasteiger charge is -2.11. The summed E-state index contributed by atoms with van der Waals surface area (Å²) in [5.41, 5.74) is 1.13. The molecule has 0 saturated heterocycles. The van der Waals surface area contributed by atoms with Crippen LogP contribution in [0.2, 0.25) is 0 Å². The van der Waals surface area contributed by atoms with Crippen LogP contribution in [0.1, 0.15) is 26.5 Å². The first-order valence-corrected chi connectivity index (χ1v) is 8.06. The number of benzene rings is 1. The van der Waals surface area contributed by atoms with E-state index in [1.807, 2.05) is 6.92 Å². The lowest BCUT2D eigenvalue weighted by atomic mass is 10.2. The van der Waals surface area contributed by atoms with Gasteiger partial charge in [-0.3, -0.25) is 0 Å². The number of hydrogen-bond donors (Lipinski definition) is 0. The zero-order valence-corrected chi connectivity index (χ0v) is 12.2. The highest BCUT2D eigenvalue weighted by molar-refractivity contribution is 7.91. The second kappa shape index (κ2) is 4.96. The van der Waals surface area contributed by atoms with Gasteiger partial charge in [0, 0.05) is 17.6 Å². The Morgan fingerprint density at radius 3 is 2.58 bits per heavy atom. The number of sulfone groups is 1. The molecule has 0 aliphatic carbocycles. The summed E-state index contributed by atoms with van der Waals surface area (Å²) in [4.78, 5) is 0. The lowest BCUT2D eigenvalue weighted by Crippen LogP contribution is -2.18. The second-order valence-electron chi connectivity index (χ2n) is 4.91. The summed E-state index contributed by atoms with van der Waals surface area (Å²) in [6.07, 6.45) is 0. The molecule has 0 aliphatic heterocycles. The van der Waals surface area contributed by atoms with Gasteiger partial charge in [0.25, 0.3) is 0 Å². The molecule has 0 N–H and O–H groups in total. The Hall–Kier alpha value is -1.36. The monoisotopic (exact) mass is 283 g/mol. The minimum atomic E-state index is -3.19. The molecule has 1 aromatic carbocycles. The van der Waals surface area contributed by atoms with Gasteiger partial charge in [-0.15, -0.1) is 0 Å². The highest BCUT2D eigenvalue weighted by atomic mass is 32.2. The molecule has 0 aliphatic rings. The van der Waals surface area contributed by atoms with Gasteiger partial charge in [-0.2, -0.15) is 0 Å². The van der Waals surface area contributed by atoms with Crippen molar-refractivity contribution in [3.8, 4) is 0 Å². The molecule has 0 saturated carbocycles. The lowest BCUT2D eigenvalue weighted by molar-refractivity contribution is 0.583. The quantitative estimate of drug-likeness (QED) is 0.864.